The first kappa shape index (κ1) is 15.7. The lowest BCUT2D eigenvalue weighted by Crippen LogP contribution is -2.33. The number of aryl methyl sites for hydroxylation is 2. The van der Waals surface area contributed by atoms with E-state index >= 15 is 0 Å². The molecule has 1 atom stereocenters. The van der Waals surface area contributed by atoms with Crippen LogP contribution < -0.4 is 5.32 Å². The first-order valence-corrected chi connectivity index (χ1v) is 8.45. The van der Waals surface area contributed by atoms with Crippen LogP contribution in [-0.4, -0.2) is 24.7 Å². The summed E-state index contributed by atoms with van der Waals surface area (Å²) in [6.45, 7) is 6.89. The van der Waals surface area contributed by atoms with Gasteiger partial charge in [0.15, 0.2) is 0 Å². The molecule has 1 aromatic carbocycles. The molecule has 0 aliphatic carbocycles. The van der Waals surface area contributed by atoms with E-state index in [9.17, 15) is 0 Å². The van der Waals surface area contributed by atoms with E-state index in [0.717, 1.165) is 36.3 Å². The van der Waals surface area contributed by atoms with Crippen molar-refractivity contribution in [3.8, 4) is 0 Å². The number of morpholine rings is 1. The quantitative estimate of drug-likeness (QED) is 0.905. The zero-order valence-electron chi connectivity index (χ0n) is 13.0. The van der Waals surface area contributed by atoms with Crippen LogP contribution in [0.5, 0.6) is 0 Å². The monoisotopic (exact) mass is 360 g/mol. The molecule has 0 spiro atoms. The number of pyridine rings is 1. The smallest absolute Gasteiger partial charge is 0.0949 e. The van der Waals surface area contributed by atoms with Gasteiger partial charge in [-0.1, -0.05) is 18.2 Å². The van der Waals surface area contributed by atoms with Crippen molar-refractivity contribution in [2.75, 3.05) is 19.7 Å². The van der Waals surface area contributed by atoms with Crippen molar-refractivity contribution in [1.29, 1.82) is 0 Å². The van der Waals surface area contributed by atoms with Crippen LogP contribution in [0.2, 0.25) is 0 Å². The Morgan fingerprint density at radius 3 is 2.82 bits per heavy atom. The SMILES string of the molecule is Cc1cc(Cc2ccc(C3CNCCO3)cc2C)ncc1Br. The van der Waals surface area contributed by atoms with Gasteiger partial charge < -0.3 is 10.1 Å². The van der Waals surface area contributed by atoms with Crippen LogP contribution in [-0.2, 0) is 11.2 Å². The van der Waals surface area contributed by atoms with Gasteiger partial charge in [0.05, 0.1) is 12.7 Å². The Morgan fingerprint density at radius 1 is 1.27 bits per heavy atom. The third-order valence-electron chi connectivity index (χ3n) is 4.14. The minimum absolute atomic E-state index is 0.176. The number of rotatable bonds is 3. The zero-order chi connectivity index (χ0) is 15.5. The van der Waals surface area contributed by atoms with Gasteiger partial charge in [0.2, 0.25) is 0 Å². The fraction of sp³-hybridized carbons (Fsp3) is 0.389. The highest BCUT2D eigenvalue weighted by molar-refractivity contribution is 9.10. The first-order valence-electron chi connectivity index (χ1n) is 7.66. The molecule has 116 valence electrons. The second kappa shape index (κ2) is 6.90. The molecule has 1 N–H and O–H groups in total. The molecular weight excluding hydrogens is 340 g/mol. The lowest BCUT2D eigenvalue weighted by Gasteiger charge is -2.24. The number of ether oxygens (including phenoxy) is 1. The van der Waals surface area contributed by atoms with Gasteiger partial charge >= 0.3 is 0 Å². The van der Waals surface area contributed by atoms with E-state index in [1.807, 2.05) is 6.20 Å². The molecule has 0 bridgehead atoms. The third-order valence-corrected chi connectivity index (χ3v) is 4.97. The van der Waals surface area contributed by atoms with Crippen molar-refractivity contribution in [3.05, 3.63) is 62.9 Å². The summed E-state index contributed by atoms with van der Waals surface area (Å²) in [5, 5.41) is 3.38. The highest BCUT2D eigenvalue weighted by atomic mass is 79.9. The molecule has 0 saturated carbocycles. The normalized spacial score (nSPS) is 18.4. The van der Waals surface area contributed by atoms with Crippen LogP contribution in [0.4, 0.5) is 0 Å². The lowest BCUT2D eigenvalue weighted by molar-refractivity contribution is 0.0276. The Hall–Kier alpha value is -1.23. The molecule has 3 nitrogen and oxygen atoms in total. The van der Waals surface area contributed by atoms with Crippen molar-refractivity contribution in [2.45, 2.75) is 26.4 Å². The Labute approximate surface area is 140 Å². The van der Waals surface area contributed by atoms with Crippen molar-refractivity contribution in [1.82, 2.24) is 10.3 Å². The zero-order valence-corrected chi connectivity index (χ0v) is 14.6. The fourth-order valence-electron chi connectivity index (χ4n) is 2.79. The molecule has 1 unspecified atom stereocenters. The standard InChI is InChI=1S/C18H21BrN2O/c1-12-7-15(18-11-20-5-6-22-18)4-3-14(12)9-16-8-13(2)17(19)10-21-16/h3-4,7-8,10,18,20H,5-6,9,11H2,1-2H3. The molecule has 1 fully saturated rings. The molecule has 0 radical (unpaired) electrons. The first-order chi connectivity index (χ1) is 10.6. The molecular formula is C18H21BrN2O. The van der Waals surface area contributed by atoms with Crippen LogP contribution in [0, 0.1) is 13.8 Å². The molecule has 1 aliphatic heterocycles. The number of nitrogens with zero attached hydrogens (tertiary/aromatic N) is 1. The largest absolute Gasteiger partial charge is 0.371 e. The Bertz CT molecular complexity index is 666. The van der Waals surface area contributed by atoms with Crippen LogP contribution in [0.1, 0.15) is 34.1 Å². The van der Waals surface area contributed by atoms with Crippen LogP contribution in [0.25, 0.3) is 0 Å². The highest BCUT2D eigenvalue weighted by Gasteiger charge is 2.16. The minimum Gasteiger partial charge on any atom is -0.371 e. The maximum absolute atomic E-state index is 5.83. The van der Waals surface area contributed by atoms with Crippen molar-refractivity contribution in [3.63, 3.8) is 0 Å². The number of hydrogen-bond donors (Lipinski definition) is 1. The maximum atomic E-state index is 5.83. The number of halogens is 1. The van der Waals surface area contributed by atoms with Crippen LogP contribution in [0.3, 0.4) is 0 Å². The van der Waals surface area contributed by atoms with E-state index in [4.69, 9.17) is 4.74 Å². The summed E-state index contributed by atoms with van der Waals surface area (Å²) in [5.41, 5.74) is 6.21. The summed E-state index contributed by atoms with van der Waals surface area (Å²) in [6, 6.07) is 8.79. The molecule has 1 aromatic heterocycles. The van der Waals surface area contributed by atoms with Gasteiger partial charge in [-0.3, -0.25) is 4.98 Å². The van der Waals surface area contributed by atoms with Crippen LogP contribution >= 0.6 is 15.9 Å². The van der Waals surface area contributed by atoms with E-state index in [1.165, 1.54) is 22.3 Å². The molecule has 2 heterocycles. The molecule has 2 aromatic rings. The van der Waals surface area contributed by atoms with Crippen molar-refractivity contribution >= 4 is 15.9 Å². The summed E-state index contributed by atoms with van der Waals surface area (Å²) in [4.78, 5) is 4.51. The van der Waals surface area contributed by atoms with Gasteiger partial charge in [0.25, 0.3) is 0 Å². The molecule has 1 saturated heterocycles. The van der Waals surface area contributed by atoms with Crippen molar-refractivity contribution < 1.29 is 4.74 Å². The Morgan fingerprint density at radius 2 is 2.14 bits per heavy atom. The average molecular weight is 361 g/mol. The van der Waals surface area contributed by atoms with E-state index in [1.54, 1.807) is 0 Å². The van der Waals surface area contributed by atoms with E-state index in [-0.39, 0.29) is 6.10 Å². The van der Waals surface area contributed by atoms with Gasteiger partial charge in [-0.05, 0) is 58.1 Å². The van der Waals surface area contributed by atoms with Gasteiger partial charge in [0, 0.05) is 35.9 Å². The summed E-state index contributed by atoms with van der Waals surface area (Å²) in [6.07, 6.45) is 2.93. The summed E-state index contributed by atoms with van der Waals surface area (Å²) in [7, 11) is 0. The van der Waals surface area contributed by atoms with Gasteiger partial charge in [-0.2, -0.15) is 0 Å². The molecule has 22 heavy (non-hydrogen) atoms. The van der Waals surface area contributed by atoms with Crippen molar-refractivity contribution in [2.24, 2.45) is 0 Å². The number of hydrogen-bond acceptors (Lipinski definition) is 3. The summed E-state index contributed by atoms with van der Waals surface area (Å²) < 4.78 is 6.89. The summed E-state index contributed by atoms with van der Waals surface area (Å²) in [5.74, 6) is 0. The maximum Gasteiger partial charge on any atom is 0.0949 e. The fourth-order valence-corrected chi connectivity index (χ4v) is 3.00. The predicted molar refractivity (Wildman–Crippen MR) is 92.2 cm³/mol. The minimum atomic E-state index is 0.176. The second-order valence-corrected chi connectivity index (χ2v) is 6.71. The van der Waals surface area contributed by atoms with Gasteiger partial charge in [0.1, 0.15) is 0 Å². The Balaban J connectivity index is 1.78. The highest BCUT2D eigenvalue weighted by Crippen LogP contribution is 2.23. The van der Waals surface area contributed by atoms with E-state index in [2.05, 4.69) is 64.3 Å². The average Bonchev–Trinajstić information content (AvgIpc) is 2.54. The number of nitrogens with one attached hydrogen (secondary N) is 1. The molecule has 3 rings (SSSR count). The Kier molecular flexibility index (Phi) is 4.91. The number of benzene rings is 1. The van der Waals surface area contributed by atoms with Gasteiger partial charge in [-0.15, -0.1) is 0 Å². The topological polar surface area (TPSA) is 34.1 Å². The number of aromatic nitrogens is 1. The molecule has 1 aliphatic rings. The molecule has 0 amide bonds. The van der Waals surface area contributed by atoms with E-state index in [0.29, 0.717) is 0 Å². The molecule has 4 heteroatoms. The lowest BCUT2D eigenvalue weighted by atomic mass is 9.98. The van der Waals surface area contributed by atoms with Crippen LogP contribution in [0.15, 0.2) is 34.9 Å². The summed E-state index contributed by atoms with van der Waals surface area (Å²) >= 11 is 3.50. The van der Waals surface area contributed by atoms with E-state index < -0.39 is 0 Å². The predicted octanol–water partition coefficient (Wildman–Crippen LogP) is 3.71. The van der Waals surface area contributed by atoms with Gasteiger partial charge in [-0.25, -0.2) is 0 Å². The second-order valence-electron chi connectivity index (χ2n) is 5.85. The third kappa shape index (κ3) is 3.57.